The molecule has 2 N–H and O–H groups in total. The minimum Gasteiger partial charge on any atom is -0.395 e. The van der Waals surface area contributed by atoms with E-state index in [2.05, 4.69) is 0 Å². The Balaban J connectivity index is 5.24. The molecule has 2 atom stereocenters. The van der Waals surface area contributed by atoms with Crippen LogP contribution >= 0.6 is 45.2 Å². The lowest BCUT2D eigenvalue weighted by atomic mass is 9.95. The maximum absolute atomic E-state index is 13.4. The lowest BCUT2D eigenvalue weighted by Gasteiger charge is -2.34. The maximum atomic E-state index is 13.4. The van der Waals surface area contributed by atoms with Crippen LogP contribution in [-0.2, 0) is 0 Å². The normalized spacial score (nSPS) is 17.2. The second-order valence-electron chi connectivity index (χ2n) is 4.96. The quantitative estimate of drug-likeness (QED) is 0.229. The molecular weight excluding hydrogens is 570 g/mol. The Morgan fingerprint density at radius 1 is 0.609 bits per heavy atom. The molecule has 0 aliphatic rings. The summed E-state index contributed by atoms with van der Waals surface area (Å²) in [5, 5.41) is 17.1. The van der Waals surface area contributed by atoms with Crippen LogP contribution in [0.3, 0.4) is 0 Å². The first-order valence-electron chi connectivity index (χ1n) is 6.13. The van der Waals surface area contributed by atoms with E-state index in [4.69, 9.17) is 10.2 Å². The summed E-state index contributed by atoms with van der Waals surface area (Å²) in [7, 11) is 0. The third-order valence-corrected chi connectivity index (χ3v) is 4.53. The second kappa shape index (κ2) is 8.47. The number of aliphatic hydroxyl groups excluding tert-OH is 2. The molecule has 0 aliphatic heterocycles. The minimum absolute atomic E-state index is 0.897. The van der Waals surface area contributed by atoms with Gasteiger partial charge >= 0.3 is 23.7 Å². The van der Waals surface area contributed by atoms with Crippen molar-refractivity contribution in [3.8, 4) is 0 Å². The molecule has 0 rings (SSSR count). The molecule has 0 spiro atoms. The fraction of sp³-hybridized carbons (Fsp3) is 1.00. The smallest absolute Gasteiger partial charge is 0.316 e. The first-order valence-corrected chi connectivity index (χ1v) is 8.62. The number of rotatable bonds is 10. The zero-order chi connectivity index (χ0) is 18.7. The molecule has 0 aliphatic carbocycles. The monoisotopic (exact) mass is 584 g/mol. The van der Waals surface area contributed by atoms with Crippen molar-refractivity contribution in [2.24, 2.45) is 0 Å². The van der Waals surface area contributed by atoms with Gasteiger partial charge in [-0.3, -0.25) is 0 Å². The zero-order valence-corrected chi connectivity index (χ0v) is 15.7. The molecule has 140 valence electrons. The summed E-state index contributed by atoms with van der Waals surface area (Å²) >= 11 is 2.43. The first kappa shape index (κ1) is 23.8. The number of aliphatic hydroxyl groups is 2. The molecule has 0 saturated carbocycles. The van der Waals surface area contributed by atoms with Gasteiger partial charge in [-0.1, -0.05) is 45.2 Å². The number of halogens is 10. The van der Waals surface area contributed by atoms with Crippen LogP contribution in [0.4, 0.5) is 35.1 Å². The number of hydrogen-bond acceptors (Lipinski definition) is 2. The second-order valence-corrected chi connectivity index (χ2v) is 8.49. The van der Waals surface area contributed by atoms with E-state index in [9.17, 15) is 35.1 Å². The van der Waals surface area contributed by atoms with E-state index in [1.807, 2.05) is 0 Å². The van der Waals surface area contributed by atoms with Crippen LogP contribution in [0.2, 0.25) is 0 Å². The predicted octanol–water partition coefficient (Wildman–Crippen LogP) is 4.29. The van der Waals surface area contributed by atoms with E-state index >= 15 is 0 Å². The average molecular weight is 584 g/mol. The first-order chi connectivity index (χ1) is 10.1. The highest BCUT2D eigenvalue weighted by atomic mass is 127. The van der Waals surface area contributed by atoms with Crippen LogP contribution in [0.25, 0.3) is 0 Å². The lowest BCUT2D eigenvalue weighted by molar-refractivity contribution is -0.283. The van der Waals surface area contributed by atoms with Crippen LogP contribution in [0.1, 0.15) is 19.3 Å². The van der Waals surface area contributed by atoms with Crippen molar-refractivity contribution in [3.05, 3.63) is 0 Å². The van der Waals surface area contributed by atoms with Crippen molar-refractivity contribution in [1.29, 1.82) is 0 Å². The molecule has 0 radical (unpaired) electrons. The molecule has 2 nitrogen and oxygen atoms in total. The summed E-state index contributed by atoms with van der Waals surface area (Å²) in [6.07, 6.45) is -6.31. The molecule has 0 aromatic heterocycles. The highest BCUT2D eigenvalue weighted by Crippen LogP contribution is 2.50. The van der Waals surface area contributed by atoms with Crippen molar-refractivity contribution in [2.45, 2.75) is 50.8 Å². The predicted molar refractivity (Wildman–Crippen MR) is 83.4 cm³/mol. The van der Waals surface area contributed by atoms with Crippen LogP contribution in [0.5, 0.6) is 0 Å². The average Bonchev–Trinajstić information content (AvgIpc) is 2.35. The van der Waals surface area contributed by atoms with E-state index in [0.717, 1.165) is 0 Å². The van der Waals surface area contributed by atoms with Crippen molar-refractivity contribution < 1.29 is 45.3 Å². The maximum Gasteiger partial charge on any atom is 0.316 e. The zero-order valence-electron chi connectivity index (χ0n) is 11.4. The summed E-state index contributed by atoms with van der Waals surface area (Å²) in [5.41, 5.74) is 0. The van der Waals surface area contributed by atoms with Crippen LogP contribution in [0.15, 0.2) is 0 Å². The molecule has 23 heavy (non-hydrogen) atoms. The Morgan fingerprint density at radius 2 is 0.870 bits per heavy atom. The summed E-state index contributed by atoms with van der Waals surface area (Å²) in [6, 6.07) is 0. The Morgan fingerprint density at radius 3 is 1.09 bits per heavy atom. The molecular formula is C11H14F8I2O2. The Labute approximate surface area is 154 Å². The van der Waals surface area contributed by atoms with Crippen molar-refractivity contribution in [1.82, 2.24) is 0 Å². The third kappa shape index (κ3) is 6.56. The standard InChI is InChI=1S/C11H14F8I2O2/c12-8(13,1-6(20)3-22)10(16,17)5-11(18,19)9(14,15)2-7(21)4-23/h6-7,22-23H,1-5H2/t6-,7-/m1/s1. The van der Waals surface area contributed by atoms with Crippen LogP contribution < -0.4 is 0 Å². The molecule has 0 aromatic carbocycles. The fourth-order valence-corrected chi connectivity index (χ4v) is 2.63. The molecule has 0 bridgehead atoms. The van der Waals surface area contributed by atoms with Gasteiger partial charge < -0.3 is 10.2 Å². The highest BCUT2D eigenvalue weighted by molar-refractivity contribution is 14.1. The molecule has 12 heteroatoms. The summed E-state index contributed by atoms with van der Waals surface area (Å²) in [6.45, 7) is -1.79. The minimum atomic E-state index is -5.39. The van der Waals surface area contributed by atoms with E-state index < -0.39 is 64.0 Å². The van der Waals surface area contributed by atoms with E-state index in [1.165, 1.54) is 45.2 Å². The largest absolute Gasteiger partial charge is 0.395 e. The summed E-state index contributed by atoms with van der Waals surface area (Å²) in [5.74, 6) is -20.7. The number of hydrogen-bond donors (Lipinski definition) is 2. The van der Waals surface area contributed by atoms with Crippen molar-refractivity contribution >= 4 is 45.2 Å². The van der Waals surface area contributed by atoms with Gasteiger partial charge in [-0.15, -0.1) is 0 Å². The van der Waals surface area contributed by atoms with Gasteiger partial charge in [0.05, 0.1) is 19.6 Å². The van der Waals surface area contributed by atoms with Crippen LogP contribution in [0, 0.1) is 0 Å². The Bertz CT molecular complexity index is 347. The van der Waals surface area contributed by atoms with Crippen molar-refractivity contribution in [3.63, 3.8) is 0 Å². The SMILES string of the molecule is OC[C@H](I)CC(F)(F)C(F)(F)CC(F)(F)C(F)(F)C[C@@H](I)CO. The third-order valence-electron chi connectivity index (χ3n) is 2.87. The van der Waals surface area contributed by atoms with Gasteiger partial charge in [-0.2, -0.15) is 35.1 Å². The van der Waals surface area contributed by atoms with Gasteiger partial charge in [0.1, 0.15) is 0 Å². The highest BCUT2D eigenvalue weighted by Gasteiger charge is 2.67. The Kier molecular flexibility index (Phi) is 8.77. The van der Waals surface area contributed by atoms with E-state index in [-0.39, 0.29) is 0 Å². The van der Waals surface area contributed by atoms with E-state index in [0.29, 0.717) is 0 Å². The molecule has 0 unspecified atom stereocenters. The fourth-order valence-electron chi connectivity index (χ4n) is 1.52. The van der Waals surface area contributed by atoms with Gasteiger partial charge in [0, 0.05) is 20.7 Å². The summed E-state index contributed by atoms with van der Waals surface area (Å²) < 4.78 is 105. The molecule has 0 aromatic rings. The topological polar surface area (TPSA) is 40.5 Å². The molecule has 0 saturated heterocycles. The molecule has 0 heterocycles. The van der Waals surface area contributed by atoms with Gasteiger partial charge in [0.2, 0.25) is 0 Å². The van der Waals surface area contributed by atoms with Gasteiger partial charge in [-0.05, 0) is 0 Å². The van der Waals surface area contributed by atoms with Gasteiger partial charge in [-0.25, -0.2) is 0 Å². The summed E-state index contributed by atoms with van der Waals surface area (Å²) in [4.78, 5) is 0. The van der Waals surface area contributed by atoms with Crippen molar-refractivity contribution in [2.75, 3.05) is 13.2 Å². The van der Waals surface area contributed by atoms with Gasteiger partial charge in [0.15, 0.2) is 0 Å². The Hall–Kier alpha value is 0.820. The molecule has 0 fully saturated rings. The lowest BCUT2D eigenvalue weighted by Crippen LogP contribution is -2.52. The van der Waals surface area contributed by atoms with E-state index in [1.54, 1.807) is 0 Å². The molecule has 0 amide bonds. The van der Waals surface area contributed by atoms with Gasteiger partial charge in [0.25, 0.3) is 0 Å². The number of alkyl halides is 10. The van der Waals surface area contributed by atoms with Crippen LogP contribution in [-0.4, -0.2) is 55.0 Å².